The van der Waals surface area contributed by atoms with Gasteiger partial charge in [-0.3, -0.25) is 4.90 Å². The molecule has 1 atom stereocenters. The molecular formula is C15H24N2S. The fourth-order valence-electron chi connectivity index (χ4n) is 2.71. The molecule has 1 aliphatic rings. The van der Waals surface area contributed by atoms with Gasteiger partial charge in [-0.05, 0) is 38.4 Å². The van der Waals surface area contributed by atoms with Gasteiger partial charge < -0.3 is 0 Å². The van der Waals surface area contributed by atoms with Crippen molar-refractivity contribution >= 4 is 11.8 Å². The van der Waals surface area contributed by atoms with E-state index in [1.807, 2.05) is 18.0 Å². The zero-order chi connectivity index (χ0) is 13.0. The van der Waals surface area contributed by atoms with Gasteiger partial charge in [0.2, 0.25) is 0 Å². The van der Waals surface area contributed by atoms with E-state index in [2.05, 4.69) is 42.8 Å². The number of rotatable bonds is 5. The molecule has 0 aromatic carbocycles. The summed E-state index contributed by atoms with van der Waals surface area (Å²) in [6.45, 7) is 9.20. The summed E-state index contributed by atoms with van der Waals surface area (Å²) in [4.78, 5) is 7.22. The van der Waals surface area contributed by atoms with Crippen molar-refractivity contribution in [2.24, 2.45) is 0 Å². The Morgan fingerprint density at radius 3 is 3.06 bits per heavy atom. The minimum Gasteiger partial charge on any atom is -0.296 e. The van der Waals surface area contributed by atoms with Crippen LogP contribution in [0.15, 0.2) is 23.4 Å². The van der Waals surface area contributed by atoms with Crippen molar-refractivity contribution in [3.63, 3.8) is 0 Å². The lowest BCUT2D eigenvalue weighted by molar-refractivity contribution is 0.254. The fourth-order valence-corrected chi connectivity index (χ4v) is 3.62. The summed E-state index contributed by atoms with van der Waals surface area (Å²) in [7, 11) is 0. The van der Waals surface area contributed by atoms with Crippen LogP contribution in [0.1, 0.15) is 51.6 Å². The van der Waals surface area contributed by atoms with Crippen LogP contribution in [-0.4, -0.2) is 28.2 Å². The lowest BCUT2D eigenvalue weighted by atomic mass is 10.1. The van der Waals surface area contributed by atoms with Gasteiger partial charge in [0, 0.05) is 23.1 Å². The SMILES string of the molecule is CCCN1CCCC1c1cccnc1SC(C)C. The first kappa shape index (κ1) is 13.9. The second-order valence-corrected chi connectivity index (χ2v) is 6.82. The van der Waals surface area contributed by atoms with E-state index in [1.165, 1.54) is 42.9 Å². The molecule has 0 bridgehead atoms. The van der Waals surface area contributed by atoms with E-state index < -0.39 is 0 Å². The van der Waals surface area contributed by atoms with Crippen molar-refractivity contribution in [3.8, 4) is 0 Å². The monoisotopic (exact) mass is 264 g/mol. The van der Waals surface area contributed by atoms with Crippen LogP contribution >= 0.6 is 11.8 Å². The molecule has 100 valence electrons. The van der Waals surface area contributed by atoms with Gasteiger partial charge in [0.05, 0.1) is 0 Å². The van der Waals surface area contributed by atoms with E-state index in [1.54, 1.807) is 0 Å². The number of likely N-dealkylation sites (tertiary alicyclic amines) is 1. The number of nitrogens with zero attached hydrogens (tertiary/aromatic N) is 2. The normalized spacial score (nSPS) is 20.8. The van der Waals surface area contributed by atoms with Gasteiger partial charge >= 0.3 is 0 Å². The average Bonchev–Trinajstić information content (AvgIpc) is 2.78. The van der Waals surface area contributed by atoms with E-state index in [9.17, 15) is 0 Å². The van der Waals surface area contributed by atoms with Gasteiger partial charge in [0.25, 0.3) is 0 Å². The molecule has 1 aromatic heterocycles. The summed E-state index contributed by atoms with van der Waals surface area (Å²) >= 11 is 1.89. The highest BCUT2D eigenvalue weighted by Crippen LogP contribution is 2.37. The van der Waals surface area contributed by atoms with Crippen molar-refractivity contribution in [1.82, 2.24) is 9.88 Å². The molecule has 1 fully saturated rings. The summed E-state index contributed by atoms with van der Waals surface area (Å²) in [5.74, 6) is 0. The minimum atomic E-state index is 0.597. The molecular weight excluding hydrogens is 240 g/mol. The van der Waals surface area contributed by atoms with Crippen LogP contribution in [0.3, 0.4) is 0 Å². The molecule has 3 heteroatoms. The molecule has 0 N–H and O–H groups in total. The largest absolute Gasteiger partial charge is 0.296 e. The molecule has 0 radical (unpaired) electrons. The third-order valence-electron chi connectivity index (χ3n) is 3.38. The van der Waals surface area contributed by atoms with Crippen molar-refractivity contribution < 1.29 is 0 Å². The second kappa shape index (κ2) is 6.58. The first-order valence-electron chi connectivity index (χ1n) is 7.08. The number of hydrogen-bond acceptors (Lipinski definition) is 3. The Kier molecular flexibility index (Phi) is 5.07. The summed E-state index contributed by atoms with van der Waals surface area (Å²) < 4.78 is 0. The number of thioether (sulfide) groups is 1. The van der Waals surface area contributed by atoms with Crippen LogP contribution < -0.4 is 0 Å². The van der Waals surface area contributed by atoms with Gasteiger partial charge in [-0.2, -0.15) is 0 Å². The highest BCUT2D eigenvalue weighted by molar-refractivity contribution is 7.99. The van der Waals surface area contributed by atoms with Crippen LogP contribution in [0.4, 0.5) is 0 Å². The van der Waals surface area contributed by atoms with Gasteiger partial charge in [-0.25, -0.2) is 4.98 Å². The van der Waals surface area contributed by atoms with Crippen molar-refractivity contribution in [2.75, 3.05) is 13.1 Å². The molecule has 0 amide bonds. The lowest BCUT2D eigenvalue weighted by Crippen LogP contribution is -2.24. The molecule has 2 heterocycles. The van der Waals surface area contributed by atoms with E-state index >= 15 is 0 Å². The first-order chi connectivity index (χ1) is 8.72. The second-order valence-electron chi connectivity index (χ2n) is 5.26. The zero-order valence-electron chi connectivity index (χ0n) is 11.7. The molecule has 0 saturated carbocycles. The Hall–Kier alpha value is -0.540. The average molecular weight is 264 g/mol. The Bertz CT molecular complexity index is 379. The zero-order valence-corrected chi connectivity index (χ0v) is 12.5. The van der Waals surface area contributed by atoms with Crippen molar-refractivity contribution in [1.29, 1.82) is 0 Å². The Morgan fingerprint density at radius 2 is 2.33 bits per heavy atom. The maximum Gasteiger partial charge on any atom is 0.101 e. The smallest absolute Gasteiger partial charge is 0.101 e. The van der Waals surface area contributed by atoms with E-state index in [0.29, 0.717) is 11.3 Å². The van der Waals surface area contributed by atoms with Gasteiger partial charge in [0.15, 0.2) is 0 Å². The predicted molar refractivity (Wildman–Crippen MR) is 79.1 cm³/mol. The number of hydrogen-bond donors (Lipinski definition) is 0. The van der Waals surface area contributed by atoms with Gasteiger partial charge in [0.1, 0.15) is 5.03 Å². The summed E-state index contributed by atoms with van der Waals surface area (Å²) in [6.07, 6.45) is 5.78. The standard InChI is InChI=1S/C15H24N2S/c1-4-10-17-11-6-8-14(17)13-7-5-9-16-15(13)18-12(2)3/h5,7,9,12,14H,4,6,8,10-11H2,1-3H3. The maximum atomic E-state index is 4.59. The predicted octanol–water partition coefficient (Wildman–Crippen LogP) is 4.13. The fraction of sp³-hybridized carbons (Fsp3) is 0.667. The van der Waals surface area contributed by atoms with E-state index in [-0.39, 0.29) is 0 Å². The van der Waals surface area contributed by atoms with Crippen molar-refractivity contribution in [3.05, 3.63) is 23.9 Å². The van der Waals surface area contributed by atoms with Gasteiger partial charge in [-0.1, -0.05) is 26.8 Å². The number of pyridine rings is 1. The molecule has 1 aliphatic heterocycles. The lowest BCUT2D eigenvalue weighted by Gasteiger charge is -2.25. The molecule has 18 heavy (non-hydrogen) atoms. The molecule has 2 rings (SSSR count). The molecule has 1 saturated heterocycles. The minimum absolute atomic E-state index is 0.597. The molecule has 1 unspecified atom stereocenters. The Labute approximate surface area is 115 Å². The first-order valence-corrected chi connectivity index (χ1v) is 7.96. The third kappa shape index (κ3) is 3.27. The Balaban J connectivity index is 2.20. The van der Waals surface area contributed by atoms with E-state index in [4.69, 9.17) is 0 Å². The molecule has 1 aromatic rings. The highest BCUT2D eigenvalue weighted by atomic mass is 32.2. The highest BCUT2D eigenvalue weighted by Gasteiger charge is 2.27. The van der Waals surface area contributed by atoms with Crippen LogP contribution in [0, 0.1) is 0 Å². The van der Waals surface area contributed by atoms with Gasteiger partial charge in [-0.15, -0.1) is 11.8 Å². The number of aromatic nitrogens is 1. The van der Waals surface area contributed by atoms with E-state index in [0.717, 1.165) is 0 Å². The third-order valence-corrected chi connectivity index (χ3v) is 4.42. The van der Waals surface area contributed by atoms with Crippen molar-refractivity contribution in [2.45, 2.75) is 56.4 Å². The Morgan fingerprint density at radius 1 is 1.50 bits per heavy atom. The topological polar surface area (TPSA) is 16.1 Å². The molecule has 2 nitrogen and oxygen atoms in total. The summed E-state index contributed by atoms with van der Waals surface area (Å²) in [5, 5.41) is 1.83. The quantitative estimate of drug-likeness (QED) is 0.744. The summed E-state index contributed by atoms with van der Waals surface area (Å²) in [5.41, 5.74) is 1.45. The van der Waals surface area contributed by atoms with Crippen LogP contribution in [0.5, 0.6) is 0 Å². The molecule has 0 aliphatic carbocycles. The maximum absolute atomic E-state index is 4.59. The van der Waals surface area contributed by atoms with Crippen LogP contribution in [0.2, 0.25) is 0 Å². The van der Waals surface area contributed by atoms with Crippen LogP contribution in [-0.2, 0) is 0 Å². The molecule has 0 spiro atoms. The van der Waals surface area contributed by atoms with Crippen LogP contribution in [0.25, 0.3) is 0 Å². The summed E-state index contributed by atoms with van der Waals surface area (Å²) in [6, 6.07) is 4.96.